The molecular formula is C18H21N3O5S2. The normalized spacial score (nSPS) is 14.6. The van der Waals surface area contributed by atoms with Gasteiger partial charge in [0.05, 0.1) is 9.79 Å². The number of hydrogen-bond donors (Lipinski definition) is 2. The van der Waals surface area contributed by atoms with Gasteiger partial charge in [-0.1, -0.05) is 12.1 Å². The third-order valence-electron chi connectivity index (χ3n) is 4.55. The van der Waals surface area contributed by atoms with Gasteiger partial charge in [-0.3, -0.25) is 4.79 Å². The molecular weight excluding hydrogens is 402 g/mol. The zero-order valence-corrected chi connectivity index (χ0v) is 16.9. The van der Waals surface area contributed by atoms with Crippen LogP contribution in [0.3, 0.4) is 0 Å². The van der Waals surface area contributed by atoms with E-state index in [9.17, 15) is 21.6 Å². The molecule has 0 unspecified atom stereocenters. The van der Waals surface area contributed by atoms with Crippen molar-refractivity contribution in [2.45, 2.75) is 36.1 Å². The molecule has 8 nitrogen and oxygen atoms in total. The second-order valence-corrected chi connectivity index (χ2v) is 9.91. The van der Waals surface area contributed by atoms with Crippen LogP contribution in [0.15, 0.2) is 52.3 Å². The number of primary sulfonamides is 1. The van der Waals surface area contributed by atoms with E-state index in [-0.39, 0.29) is 22.2 Å². The Kier molecular flexibility index (Phi) is 5.57. The third-order valence-corrected chi connectivity index (χ3v) is 6.86. The molecule has 3 rings (SSSR count). The van der Waals surface area contributed by atoms with Crippen molar-refractivity contribution in [1.29, 1.82) is 0 Å². The first-order chi connectivity index (χ1) is 13.1. The summed E-state index contributed by atoms with van der Waals surface area (Å²) in [7, 11) is -7.68. The summed E-state index contributed by atoms with van der Waals surface area (Å²) in [6.07, 6.45) is 1.46. The number of sulfonamides is 2. The van der Waals surface area contributed by atoms with Gasteiger partial charge in [0.15, 0.2) is 0 Å². The van der Waals surface area contributed by atoms with Crippen molar-refractivity contribution in [3.63, 3.8) is 0 Å². The van der Waals surface area contributed by atoms with Gasteiger partial charge in [-0.05, 0) is 54.3 Å². The highest BCUT2D eigenvalue weighted by Gasteiger charge is 2.23. The SMILES string of the molecule is CC(=O)N1CCCc2cc(S(=O)(=O)NCc3cccc(S(N)(=O)=O)c3)ccc21. The Morgan fingerprint density at radius 3 is 2.54 bits per heavy atom. The Labute approximate surface area is 164 Å². The molecule has 0 aliphatic carbocycles. The molecule has 0 spiro atoms. The molecule has 0 atom stereocenters. The topological polar surface area (TPSA) is 127 Å². The van der Waals surface area contributed by atoms with Gasteiger partial charge in [0.2, 0.25) is 26.0 Å². The van der Waals surface area contributed by atoms with E-state index < -0.39 is 20.0 Å². The number of anilines is 1. The second-order valence-electron chi connectivity index (χ2n) is 6.58. The lowest BCUT2D eigenvalue weighted by Crippen LogP contribution is -2.33. The minimum absolute atomic E-state index is 0.0792. The lowest BCUT2D eigenvalue weighted by Gasteiger charge is -2.28. The third kappa shape index (κ3) is 4.41. The molecule has 28 heavy (non-hydrogen) atoms. The summed E-state index contributed by atoms with van der Waals surface area (Å²) in [4.78, 5) is 13.4. The maximum Gasteiger partial charge on any atom is 0.240 e. The molecule has 2 aromatic carbocycles. The van der Waals surface area contributed by atoms with Crippen LogP contribution in [0.1, 0.15) is 24.5 Å². The number of nitrogens with one attached hydrogen (secondary N) is 1. The molecule has 2 aromatic rings. The number of nitrogens with zero attached hydrogens (tertiary/aromatic N) is 1. The van der Waals surface area contributed by atoms with Crippen LogP contribution in [-0.4, -0.2) is 29.3 Å². The predicted octanol–water partition coefficient (Wildman–Crippen LogP) is 1.11. The van der Waals surface area contributed by atoms with Gasteiger partial charge >= 0.3 is 0 Å². The monoisotopic (exact) mass is 423 g/mol. The minimum Gasteiger partial charge on any atom is -0.312 e. The Morgan fingerprint density at radius 1 is 1.11 bits per heavy atom. The molecule has 1 amide bonds. The van der Waals surface area contributed by atoms with Gasteiger partial charge in [0, 0.05) is 25.7 Å². The summed E-state index contributed by atoms with van der Waals surface area (Å²) < 4.78 is 50.6. The lowest BCUT2D eigenvalue weighted by atomic mass is 10.0. The highest BCUT2D eigenvalue weighted by Crippen LogP contribution is 2.29. The van der Waals surface area contributed by atoms with E-state index in [2.05, 4.69) is 4.72 Å². The van der Waals surface area contributed by atoms with Crippen molar-refractivity contribution >= 4 is 31.6 Å². The molecule has 0 saturated heterocycles. The van der Waals surface area contributed by atoms with E-state index >= 15 is 0 Å². The zero-order valence-electron chi connectivity index (χ0n) is 15.3. The van der Waals surface area contributed by atoms with Gasteiger partial charge in [0.25, 0.3) is 0 Å². The highest BCUT2D eigenvalue weighted by atomic mass is 32.2. The standard InChI is InChI=1S/C18H21N3O5S2/c1-13(22)21-9-3-5-15-11-17(7-8-18(15)21)28(25,26)20-12-14-4-2-6-16(10-14)27(19,23)24/h2,4,6-8,10-11,20H,3,5,9,12H2,1H3,(H2,19,23,24). The molecule has 10 heteroatoms. The van der Waals surface area contributed by atoms with Gasteiger partial charge in [0.1, 0.15) is 0 Å². The first kappa shape index (κ1) is 20.5. The zero-order chi connectivity index (χ0) is 20.5. The van der Waals surface area contributed by atoms with E-state index in [4.69, 9.17) is 5.14 Å². The molecule has 1 heterocycles. The molecule has 0 saturated carbocycles. The van der Waals surface area contributed by atoms with Crippen LogP contribution in [0.4, 0.5) is 5.69 Å². The van der Waals surface area contributed by atoms with Crippen LogP contribution in [-0.2, 0) is 37.8 Å². The van der Waals surface area contributed by atoms with E-state index in [1.807, 2.05) is 0 Å². The first-order valence-electron chi connectivity index (χ1n) is 8.60. The number of amides is 1. The molecule has 1 aliphatic heterocycles. The Morgan fingerprint density at radius 2 is 1.86 bits per heavy atom. The number of carbonyl (C=O) groups excluding carboxylic acids is 1. The quantitative estimate of drug-likeness (QED) is 0.745. The fourth-order valence-corrected chi connectivity index (χ4v) is 4.81. The molecule has 1 aliphatic rings. The molecule has 150 valence electrons. The van der Waals surface area contributed by atoms with Crippen molar-refractivity contribution < 1.29 is 21.6 Å². The number of rotatable bonds is 5. The van der Waals surface area contributed by atoms with Crippen molar-refractivity contribution in [3.05, 3.63) is 53.6 Å². The number of fused-ring (bicyclic) bond motifs is 1. The van der Waals surface area contributed by atoms with Crippen molar-refractivity contribution in [2.24, 2.45) is 5.14 Å². The molecule has 0 radical (unpaired) electrons. The summed E-state index contributed by atoms with van der Waals surface area (Å²) in [6.45, 7) is 2.02. The van der Waals surface area contributed by atoms with Gasteiger partial charge in [-0.15, -0.1) is 0 Å². The van der Waals surface area contributed by atoms with Crippen LogP contribution in [0.5, 0.6) is 0 Å². The maximum absolute atomic E-state index is 12.7. The van der Waals surface area contributed by atoms with Crippen molar-refractivity contribution in [2.75, 3.05) is 11.4 Å². The van der Waals surface area contributed by atoms with Gasteiger partial charge < -0.3 is 4.90 Å². The Hall–Kier alpha value is -2.27. The maximum atomic E-state index is 12.7. The van der Waals surface area contributed by atoms with E-state index in [0.29, 0.717) is 18.5 Å². The number of hydrogen-bond acceptors (Lipinski definition) is 5. The van der Waals surface area contributed by atoms with Gasteiger partial charge in [-0.25, -0.2) is 26.7 Å². The number of aryl methyl sites for hydroxylation is 1. The first-order valence-corrected chi connectivity index (χ1v) is 11.6. The van der Waals surface area contributed by atoms with Crippen molar-refractivity contribution in [3.8, 4) is 0 Å². The van der Waals surface area contributed by atoms with E-state index in [0.717, 1.165) is 17.7 Å². The van der Waals surface area contributed by atoms with E-state index in [1.54, 1.807) is 23.1 Å². The highest BCUT2D eigenvalue weighted by molar-refractivity contribution is 7.89. The number of carbonyl (C=O) groups is 1. The van der Waals surface area contributed by atoms with Crippen LogP contribution in [0.2, 0.25) is 0 Å². The molecule has 3 N–H and O–H groups in total. The fourth-order valence-electron chi connectivity index (χ4n) is 3.16. The average Bonchev–Trinajstić information content (AvgIpc) is 2.65. The summed E-state index contributed by atoms with van der Waals surface area (Å²) in [5, 5.41) is 5.10. The van der Waals surface area contributed by atoms with Crippen LogP contribution >= 0.6 is 0 Å². The van der Waals surface area contributed by atoms with Crippen LogP contribution in [0, 0.1) is 0 Å². The van der Waals surface area contributed by atoms with Gasteiger partial charge in [-0.2, -0.15) is 0 Å². The Balaban J connectivity index is 1.82. The molecule has 0 fully saturated rings. The lowest BCUT2D eigenvalue weighted by molar-refractivity contribution is -0.116. The number of benzene rings is 2. The Bertz CT molecular complexity index is 1130. The summed E-state index contributed by atoms with van der Waals surface area (Å²) >= 11 is 0. The summed E-state index contributed by atoms with van der Waals surface area (Å²) in [6, 6.07) is 10.5. The minimum atomic E-state index is -3.86. The summed E-state index contributed by atoms with van der Waals surface area (Å²) in [5.74, 6) is -0.0792. The van der Waals surface area contributed by atoms with E-state index in [1.165, 1.54) is 31.2 Å². The largest absolute Gasteiger partial charge is 0.312 e. The molecule has 0 bridgehead atoms. The van der Waals surface area contributed by atoms with Crippen LogP contribution < -0.4 is 14.8 Å². The number of nitrogens with two attached hydrogens (primary N) is 1. The van der Waals surface area contributed by atoms with Crippen LogP contribution in [0.25, 0.3) is 0 Å². The predicted molar refractivity (Wildman–Crippen MR) is 105 cm³/mol. The van der Waals surface area contributed by atoms with Crippen molar-refractivity contribution in [1.82, 2.24) is 4.72 Å². The average molecular weight is 424 g/mol. The second kappa shape index (κ2) is 7.63. The summed E-state index contributed by atoms with van der Waals surface area (Å²) in [5.41, 5.74) is 2.01. The molecule has 0 aromatic heterocycles. The smallest absolute Gasteiger partial charge is 0.240 e. The fraction of sp³-hybridized carbons (Fsp3) is 0.278.